The van der Waals surface area contributed by atoms with Crippen molar-refractivity contribution >= 4 is 41.0 Å². The Balaban J connectivity index is 2.10. The van der Waals surface area contributed by atoms with Crippen LogP contribution in [0.15, 0.2) is 34.7 Å². The molecule has 1 N–H and O–H groups in total. The molecule has 9 heteroatoms. The summed E-state index contributed by atoms with van der Waals surface area (Å²) in [6.45, 7) is 3.88. The predicted octanol–water partition coefficient (Wildman–Crippen LogP) is 3.51. The van der Waals surface area contributed by atoms with Gasteiger partial charge in [-0.25, -0.2) is 10.2 Å². The number of hydrogen-bond donors (Lipinski definition) is 1. The SMILES string of the molecule is CCOC(=O)COc1c(Cl)cc(C=NNC(=O)c2cccs2)cc1OCC. The number of carbonyl (C=O) groups excluding carboxylic acids is 2. The molecule has 0 aliphatic heterocycles. The summed E-state index contributed by atoms with van der Waals surface area (Å²) >= 11 is 7.57. The van der Waals surface area contributed by atoms with Gasteiger partial charge in [-0.3, -0.25) is 4.79 Å². The Kier molecular flexibility index (Phi) is 8.09. The van der Waals surface area contributed by atoms with Gasteiger partial charge in [0.05, 0.1) is 29.3 Å². The lowest BCUT2D eigenvalue weighted by Crippen LogP contribution is -2.16. The maximum atomic E-state index is 11.9. The summed E-state index contributed by atoms with van der Waals surface area (Å²) in [6, 6.07) is 6.73. The number of benzene rings is 1. The van der Waals surface area contributed by atoms with Gasteiger partial charge in [-0.1, -0.05) is 17.7 Å². The van der Waals surface area contributed by atoms with Crippen LogP contribution in [0.25, 0.3) is 0 Å². The molecule has 0 aliphatic carbocycles. The number of carbonyl (C=O) groups is 2. The summed E-state index contributed by atoms with van der Waals surface area (Å²) in [5, 5.41) is 5.97. The smallest absolute Gasteiger partial charge is 0.344 e. The van der Waals surface area contributed by atoms with Crippen LogP contribution < -0.4 is 14.9 Å². The van der Waals surface area contributed by atoms with Gasteiger partial charge in [0.25, 0.3) is 5.91 Å². The Bertz CT molecular complexity index is 808. The van der Waals surface area contributed by atoms with Crippen molar-refractivity contribution in [1.29, 1.82) is 0 Å². The third kappa shape index (κ3) is 6.26. The number of halogens is 1. The molecule has 0 atom stereocenters. The number of amides is 1. The van der Waals surface area contributed by atoms with Crippen molar-refractivity contribution in [2.75, 3.05) is 19.8 Å². The van der Waals surface area contributed by atoms with Crippen LogP contribution in [0.2, 0.25) is 5.02 Å². The lowest BCUT2D eigenvalue weighted by molar-refractivity contribution is -0.145. The molecule has 0 saturated heterocycles. The van der Waals surface area contributed by atoms with Crippen molar-refractivity contribution in [3.05, 3.63) is 45.1 Å². The quantitative estimate of drug-likeness (QED) is 0.388. The van der Waals surface area contributed by atoms with Crippen molar-refractivity contribution in [2.45, 2.75) is 13.8 Å². The van der Waals surface area contributed by atoms with E-state index in [1.807, 2.05) is 12.3 Å². The Hall–Kier alpha value is -2.58. The molecule has 2 aromatic rings. The lowest BCUT2D eigenvalue weighted by atomic mass is 10.2. The number of ether oxygens (including phenoxy) is 3. The van der Waals surface area contributed by atoms with E-state index in [-0.39, 0.29) is 29.9 Å². The molecule has 1 aromatic carbocycles. The first-order chi connectivity index (χ1) is 13.0. The number of thiophene rings is 1. The van der Waals surface area contributed by atoms with Crippen LogP contribution in [0.3, 0.4) is 0 Å². The molecule has 0 spiro atoms. The summed E-state index contributed by atoms with van der Waals surface area (Å²) in [5.41, 5.74) is 3.03. The first-order valence-electron chi connectivity index (χ1n) is 8.16. The Morgan fingerprint density at radius 3 is 2.74 bits per heavy atom. The molecule has 27 heavy (non-hydrogen) atoms. The summed E-state index contributed by atoms with van der Waals surface area (Å²) in [4.78, 5) is 23.9. The number of rotatable bonds is 9. The fraction of sp³-hybridized carbons (Fsp3) is 0.278. The van der Waals surface area contributed by atoms with Crippen LogP contribution in [-0.4, -0.2) is 37.9 Å². The van der Waals surface area contributed by atoms with Crippen molar-refractivity contribution in [1.82, 2.24) is 5.43 Å². The van der Waals surface area contributed by atoms with Gasteiger partial charge in [-0.15, -0.1) is 11.3 Å². The highest BCUT2D eigenvalue weighted by Gasteiger charge is 2.14. The third-order valence-electron chi connectivity index (χ3n) is 3.10. The van der Waals surface area contributed by atoms with E-state index in [9.17, 15) is 9.59 Å². The third-order valence-corrected chi connectivity index (χ3v) is 4.25. The second-order valence-corrected chi connectivity index (χ2v) is 6.39. The highest BCUT2D eigenvalue weighted by atomic mass is 35.5. The van der Waals surface area contributed by atoms with E-state index in [0.29, 0.717) is 22.8 Å². The minimum atomic E-state index is -0.502. The van der Waals surface area contributed by atoms with Gasteiger partial charge in [0, 0.05) is 0 Å². The average Bonchev–Trinajstić information content (AvgIpc) is 3.16. The number of hydrogen-bond acceptors (Lipinski definition) is 7. The van der Waals surface area contributed by atoms with E-state index in [1.165, 1.54) is 17.6 Å². The fourth-order valence-electron chi connectivity index (χ4n) is 2.03. The van der Waals surface area contributed by atoms with E-state index in [0.717, 1.165) is 0 Å². The molecular formula is C18H19ClN2O5S. The largest absolute Gasteiger partial charge is 0.490 e. The first kappa shape index (κ1) is 20.7. The predicted molar refractivity (Wildman–Crippen MR) is 104 cm³/mol. The number of nitrogens with one attached hydrogen (secondary N) is 1. The highest BCUT2D eigenvalue weighted by Crippen LogP contribution is 2.36. The zero-order chi connectivity index (χ0) is 19.6. The maximum Gasteiger partial charge on any atom is 0.344 e. The maximum absolute atomic E-state index is 11.9. The van der Waals surface area contributed by atoms with Crippen molar-refractivity contribution in [3.8, 4) is 11.5 Å². The minimum Gasteiger partial charge on any atom is -0.490 e. The van der Waals surface area contributed by atoms with Crippen LogP contribution in [0.5, 0.6) is 11.5 Å². The normalized spacial score (nSPS) is 10.6. The van der Waals surface area contributed by atoms with E-state index >= 15 is 0 Å². The van der Waals surface area contributed by atoms with E-state index in [1.54, 1.807) is 31.2 Å². The summed E-state index contributed by atoms with van der Waals surface area (Å²) in [7, 11) is 0. The van der Waals surface area contributed by atoms with Gasteiger partial charge < -0.3 is 14.2 Å². The van der Waals surface area contributed by atoms with Gasteiger partial charge in [-0.05, 0) is 43.0 Å². The molecule has 2 rings (SSSR count). The number of esters is 1. The number of hydrazone groups is 1. The van der Waals surface area contributed by atoms with Gasteiger partial charge in [0.15, 0.2) is 18.1 Å². The molecular weight excluding hydrogens is 392 g/mol. The fourth-order valence-corrected chi connectivity index (χ4v) is 2.91. The topological polar surface area (TPSA) is 86.2 Å². The zero-order valence-electron chi connectivity index (χ0n) is 14.9. The van der Waals surface area contributed by atoms with E-state index < -0.39 is 5.97 Å². The van der Waals surface area contributed by atoms with Crippen LogP contribution in [0, 0.1) is 0 Å². The molecule has 0 fully saturated rings. The molecule has 0 unspecified atom stereocenters. The van der Waals surface area contributed by atoms with E-state index in [4.69, 9.17) is 25.8 Å². The first-order valence-corrected chi connectivity index (χ1v) is 9.42. The van der Waals surface area contributed by atoms with Crippen LogP contribution >= 0.6 is 22.9 Å². The van der Waals surface area contributed by atoms with Crippen molar-refractivity contribution in [2.24, 2.45) is 5.10 Å². The average molecular weight is 411 g/mol. The van der Waals surface area contributed by atoms with Crippen molar-refractivity contribution < 1.29 is 23.8 Å². The minimum absolute atomic E-state index is 0.242. The van der Waals surface area contributed by atoms with Crippen LogP contribution in [-0.2, 0) is 9.53 Å². The molecule has 1 amide bonds. The van der Waals surface area contributed by atoms with Gasteiger partial charge in [-0.2, -0.15) is 5.10 Å². The molecule has 7 nitrogen and oxygen atoms in total. The molecule has 0 radical (unpaired) electrons. The zero-order valence-corrected chi connectivity index (χ0v) is 16.4. The second-order valence-electron chi connectivity index (χ2n) is 5.03. The highest BCUT2D eigenvalue weighted by molar-refractivity contribution is 7.12. The molecule has 1 heterocycles. The summed E-state index contributed by atoms with van der Waals surface area (Å²) in [5.74, 6) is -0.198. The second kappa shape index (κ2) is 10.5. The standard InChI is InChI=1S/C18H19ClN2O5S/c1-3-24-14-9-12(10-20-21-18(23)15-6-5-7-27-15)8-13(19)17(14)26-11-16(22)25-4-2/h5-10H,3-4,11H2,1-2H3,(H,21,23). The van der Waals surface area contributed by atoms with Gasteiger partial charge in [0.2, 0.25) is 0 Å². The van der Waals surface area contributed by atoms with Crippen LogP contribution in [0.1, 0.15) is 29.1 Å². The van der Waals surface area contributed by atoms with Gasteiger partial charge >= 0.3 is 5.97 Å². The van der Waals surface area contributed by atoms with Gasteiger partial charge in [0.1, 0.15) is 0 Å². The van der Waals surface area contributed by atoms with Crippen LogP contribution in [0.4, 0.5) is 0 Å². The summed E-state index contributed by atoms with van der Waals surface area (Å²) < 4.78 is 15.8. The van der Waals surface area contributed by atoms with Crippen molar-refractivity contribution in [3.63, 3.8) is 0 Å². The Labute approximate surface area is 165 Å². The lowest BCUT2D eigenvalue weighted by Gasteiger charge is -2.14. The van der Waals surface area contributed by atoms with E-state index in [2.05, 4.69) is 10.5 Å². The molecule has 0 aliphatic rings. The summed E-state index contributed by atoms with van der Waals surface area (Å²) in [6.07, 6.45) is 1.44. The molecule has 0 bridgehead atoms. The molecule has 1 aromatic heterocycles. The molecule has 0 saturated carbocycles. The monoisotopic (exact) mass is 410 g/mol. The number of nitrogens with zero attached hydrogens (tertiary/aromatic N) is 1. The molecule has 144 valence electrons. The Morgan fingerprint density at radius 2 is 2.07 bits per heavy atom. The Morgan fingerprint density at radius 1 is 1.26 bits per heavy atom.